The summed E-state index contributed by atoms with van der Waals surface area (Å²) in [5, 5.41) is 8.85. The minimum absolute atomic E-state index is 0.673. The highest BCUT2D eigenvalue weighted by Gasteiger charge is 2.16. The molecule has 0 aliphatic carbocycles. The molecule has 0 aromatic rings. The zero-order valence-electron chi connectivity index (χ0n) is 7.37. The Labute approximate surface area is 72.0 Å². The summed E-state index contributed by atoms with van der Waals surface area (Å²) in [5.41, 5.74) is 2.49. The third-order valence-corrected chi connectivity index (χ3v) is 2.14. The minimum atomic E-state index is 0.673. The summed E-state index contributed by atoms with van der Waals surface area (Å²) in [6.07, 6.45) is 1.93. The molecule has 1 N–H and O–H groups in total. The fraction of sp³-hybridized carbons (Fsp3) is 0.444. The molecule has 3 heteroatoms. The fourth-order valence-corrected chi connectivity index (χ4v) is 1.34. The van der Waals surface area contributed by atoms with Crippen molar-refractivity contribution in [3.63, 3.8) is 0 Å². The van der Waals surface area contributed by atoms with Gasteiger partial charge in [-0.2, -0.15) is 0 Å². The quantitative estimate of drug-likeness (QED) is 0.465. The van der Waals surface area contributed by atoms with Gasteiger partial charge in [-0.3, -0.25) is 9.69 Å². The van der Waals surface area contributed by atoms with Gasteiger partial charge in [0.05, 0.1) is 6.26 Å². The van der Waals surface area contributed by atoms with E-state index < -0.39 is 0 Å². The highest BCUT2D eigenvalue weighted by atomic mass is 16.2. The SMILES string of the molecule is CC1=C(C=O)CN(C)C/C1=C/O. The molecule has 66 valence electrons. The van der Waals surface area contributed by atoms with E-state index in [9.17, 15) is 4.79 Å². The molecule has 0 spiro atoms. The van der Waals surface area contributed by atoms with Crippen LogP contribution in [-0.4, -0.2) is 36.4 Å². The molecule has 1 heterocycles. The van der Waals surface area contributed by atoms with Crippen LogP contribution in [0.5, 0.6) is 0 Å². The molecule has 0 saturated carbocycles. The molecule has 0 unspecified atom stereocenters. The van der Waals surface area contributed by atoms with Crippen LogP contribution in [0.4, 0.5) is 0 Å². The van der Waals surface area contributed by atoms with Crippen LogP contribution in [0, 0.1) is 0 Å². The van der Waals surface area contributed by atoms with E-state index in [2.05, 4.69) is 0 Å². The monoisotopic (exact) mass is 167 g/mol. The van der Waals surface area contributed by atoms with Crippen molar-refractivity contribution in [2.75, 3.05) is 20.1 Å². The zero-order chi connectivity index (χ0) is 9.14. The molecule has 0 amide bonds. The number of aldehydes is 1. The van der Waals surface area contributed by atoms with Crippen molar-refractivity contribution in [3.8, 4) is 0 Å². The Bertz CT molecular complexity index is 253. The minimum Gasteiger partial charge on any atom is -0.515 e. The predicted octanol–water partition coefficient (Wildman–Crippen LogP) is 0.889. The van der Waals surface area contributed by atoms with Crippen LogP contribution in [0.1, 0.15) is 6.92 Å². The first kappa shape index (κ1) is 9.00. The summed E-state index contributed by atoms with van der Waals surface area (Å²) < 4.78 is 0. The van der Waals surface area contributed by atoms with Crippen LogP contribution in [0.2, 0.25) is 0 Å². The van der Waals surface area contributed by atoms with Crippen LogP contribution >= 0.6 is 0 Å². The Hall–Kier alpha value is -1.09. The first-order valence-electron chi connectivity index (χ1n) is 3.86. The number of carbonyl (C=O) groups excluding carboxylic acids is 1. The maximum atomic E-state index is 10.6. The first-order valence-corrected chi connectivity index (χ1v) is 3.86. The lowest BCUT2D eigenvalue weighted by molar-refractivity contribution is -0.105. The summed E-state index contributed by atoms with van der Waals surface area (Å²) in [6, 6.07) is 0. The number of carbonyl (C=O) groups is 1. The molecule has 1 aliphatic rings. The second-order valence-corrected chi connectivity index (χ2v) is 3.09. The van der Waals surface area contributed by atoms with Crippen LogP contribution in [-0.2, 0) is 4.79 Å². The molecule has 0 aromatic carbocycles. The number of nitrogens with zero attached hydrogens (tertiary/aromatic N) is 1. The van der Waals surface area contributed by atoms with Gasteiger partial charge in [-0.05, 0) is 19.5 Å². The van der Waals surface area contributed by atoms with Crippen molar-refractivity contribution >= 4 is 6.29 Å². The Morgan fingerprint density at radius 2 is 2.17 bits per heavy atom. The van der Waals surface area contributed by atoms with Gasteiger partial charge in [0.25, 0.3) is 0 Å². The molecule has 1 aliphatic heterocycles. The maximum absolute atomic E-state index is 10.6. The number of aliphatic hydroxyl groups excluding tert-OH is 1. The molecule has 0 saturated heterocycles. The number of hydrogen-bond acceptors (Lipinski definition) is 3. The summed E-state index contributed by atoms with van der Waals surface area (Å²) >= 11 is 0. The van der Waals surface area contributed by atoms with E-state index in [-0.39, 0.29) is 0 Å². The van der Waals surface area contributed by atoms with Crippen molar-refractivity contribution < 1.29 is 9.90 Å². The number of likely N-dealkylation sites (N-methyl/N-ethyl adjacent to an activating group) is 1. The van der Waals surface area contributed by atoms with Gasteiger partial charge in [-0.1, -0.05) is 0 Å². The van der Waals surface area contributed by atoms with Crippen molar-refractivity contribution in [3.05, 3.63) is 23.0 Å². The van der Waals surface area contributed by atoms with E-state index in [0.717, 1.165) is 29.3 Å². The van der Waals surface area contributed by atoms with Crippen LogP contribution in [0.3, 0.4) is 0 Å². The standard InChI is InChI=1S/C9H13NO2/c1-7-8(5-11)3-10(2)4-9(7)6-12/h5-6,11H,3-4H2,1-2H3/b8-5-. The van der Waals surface area contributed by atoms with Gasteiger partial charge in [0, 0.05) is 24.2 Å². The van der Waals surface area contributed by atoms with E-state index in [1.807, 2.05) is 18.9 Å². The third-order valence-electron chi connectivity index (χ3n) is 2.14. The van der Waals surface area contributed by atoms with Crippen LogP contribution < -0.4 is 0 Å². The fourth-order valence-electron chi connectivity index (χ4n) is 1.34. The molecule has 0 radical (unpaired) electrons. The smallest absolute Gasteiger partial charge is 0.147 e. The molecule has 0 atom stereocenters. The van der Waals surface area contributed by atoms with Crippen LogP contribution in [0.15, 0.2) is 23.0 Å². The van der Waals surface area contributed by atoms with Gasteiger partial charge in [0.15, 0.2) is 0 Å². The number of rotatable bonds is 1. The third kappa shape index (κ3) is 1.56. The Kier molecular flexibility index (Phi) is 2.65. The van der Waals surface area contributed by atoms with Gasteiger partial charge in [0.2, 0.25) is 0 Å². The lowest BCUT2D eigenvalue weighted by atomic mass is 9.98. The Morgan fingerprint density at radius 3 is 2.67 bits per heavy atom. The van der Waals surface area contributed by atoms with Gasteiger partial charge in [-0.25, -0.2) is 0 Å². The second-order valence-electron chi connectivity index (χ2n) is 3.09. The van der Waals surface area contributed by atoms with Gasteiger partial charge in [-0.15, -0.1) is 0 Å². The van der Waals surface area contributed by atoms with E-state index in [0.29, 0.717) is 13.1 Å². The first-order chi connectivity index (χ1) is 5.69. The van der Waals surface area contributed by atoms with Crippen molar-refractivity contribution in [2.45, 2.75) is 6.92 Å². The lowest BCUT2D eigenvalue weighted by Crippen LogP contribution is -2.29. The average Bonchev–Trinajstić information content (AvgIpc) is 2.08. The predicted molar refractivity (Wildman–Crippen MR) is 47.0 cm³/mol. The molecular weight excluding hydrogens is 154 g/mol. The van der Waals surface area contributed by atoms with E-state index in [1.54, 1.807) is 0 Å². The average molecular weight is 167 g/mol. The molecule has 3 nitrogen and oxygen atoms in total. The largest absolute Gasteiger partial charge is 0.515 e. The highest BCUT2D eigenvalue weighted by molar-refractivity contribution is 5.77. The molecule has 0 aromatic heterocycles. The summed E-state index contributed by atoms with van der Waals surface area (Å²) in [7, 11) is 1.92. The summed E-state index contributed by atoms with van der Waals surface area (Å²) in [4.78, 5) is 12.6. The lowest BCUT2D eigenvalue weighted by Gasteiger charge is -2.25. The van der Waals surface area contributed by atoms with E-state index in [1.165, 1.54) is 0 Å². The molecule has 12 heavy (non-hydrogen) atoms. The van der Waals surface area contributed by atoms with E-state index >= 15 is 0 Å². The topological polar surface area (TPSA) is 40.5 Å². The molecule has 0 bridgehead atoms. The van der Waals surface area contributed by atoms with E-state index in [4.69, 9.17) is 5.11 Å². The van der Waals surface area contributed by atoms with Crippen molar-refractivity contribution in [2.24, 2.45) is 0 Å². The molecular formula is C9H13NO2. The van der Waals surface area contributed by atoms with Crippen molar-refractivity contribution in [1.29, 1.82) is 0 Å². The summed E-state index contributed by atoms with van der Waals surface area (Å²) in [6.45, 7) is 3.24. The van der Waals surface area contributed by atoms with Crippen LogP contribution in [0.25, 0.3) is 0 Å². The number of hydrogen-bond donors (Lipinski definition) is 1. The highest BCUT2D eigenvalue weighted by Crippen LogP contribution is 2.19. The normalized spacial score (nSPS) is 23.3. The molecule has 1 rings (SSSR count). The van der Waals surface area contributed by atoms with Crippen molar-refractivity contribution in [1.82, 2.24) is 4.90 Å². The second kappa shape index (κ2) is 3.54. The maximum Gasteiger partial charge on any atom is 0.147 e. The van der Waals surface area contributed by atoms with Gasteiger partial charge >= 0.3 is 0 Å². The summed E-state index contributed by atoms with van der Waals surface area (Å²) in [5.74, 6) is 0. The Balaban J connectivity index is 3.01. The molecule has 0 fully saturated rings. The van der Waals surface area contributed by atoms with Gasteiger partial charge in [0.1, 0.15) is 6.29 Å². The van der Waals surface area contributed by atoms with Gasteiger partial charge < -0.3 is 5.11 Å². The zero-order valence-corrected chi connectivity index (χ0v) is 7.37. The number of aliphatic hydroxyl groups is 1. The Morgan fingerprint density at radius 1 is 1.50 bits per heavy atom.